The highest BCUT2D eigenvalue weighted by Gasteiger charge is 2.77. The summed E-state index contributed by atoms with van der Waals surface area (Å²) in [4.78, 5) is 45.1. The fourth-order valence-electron chi connectivity index (χ4n) is 5.59. The van der Waals surface area contributed by atoms with Gasteiger partial charge in [0.05, 0.1) is 6.04 Å². The monoisotopic (exact) mass is 443 g/mol. The van der Waals surface area contributed by atoms with Gasteiger partial charge in [0, 0.05) is 19.0 Å². The second-order valence-electron chi connectivity index (χ2n) is 9.49. The van der Waals surface area contributed by atoms with Crippen molar-refractivity contribution in [2.24, 2.45) is 5.92 Å². The van der Waals surface area contributed by atoms with E-state index in [4.69, 9.17) is 0 Å². The van der Waals surface area contributed by atoms with Gasteiger partial charge in [0.2, 0.25) is 0 Å². The lowest BCUT2D eigenvalue weighted by atomic mass is 9.73. The van der Waals surface area contributed by atoms with Gasteiger partial charge in [0.25, 0.3) is 0 Å². The zero-order valence-electron chi connectivity index (χ0n) is 17.8. The fourth-order valence-corrected chi connectivity index (χ4v) is 8.12. The van der Waals surface area contributed by atoms with Crippen LogP contribution in [0.4, 0.5) is 0 Å². The summed E-state index contributed by atoms with van der Waals surface area (Å²) in [6.07, 6.45) is 0.416. The van der Waals surface area contributed by atoms with Crippen molar-refractivity contribution in [1.82, 2.24) is 14.7 Å². The van der Waals surface area contributed by atoms with Crippen molar-refractivity contribution < 1.29 is 33.2 Å². The van der Waals surface area contributed by atoms with E-state index in [0.717, 1.165) is 13.0 Å². The van der Waals surface area contributed by atoms with Crippen LogP contribution in [0, 0.1) is 5.92 Å². The third-order valence-corrected chi connectivity index (χ3v) is 8.29. The highest BCUT2D eigenvalue weighted by molar-refractivity contribution is 7.52. The standard InChI is InChI=1S/C16H36N4O6P2/c1-17(2)9-13-7-15(19(5)6)16(8-14(13)18(3)4)10-20(16,11-27(21,22)23)12-28(24,25)26/h13-15H,7-12H2,1-6H3,(H3-,21,22,23,24,25,26)/p+1. The van der Waals surface area contributed by atoms with Crippen molar-refractivity contribution in [3.63, 3.8) is 0 Å². The molecule has 2 fully saturated rings. The van der Waals surface area contributed by atoms with Gasteiger partial charge < -0.3 is 34.3 Å². The summed E-state index contributed by atoms with van der Waals surface area (Å²) < 4.78 is 23.6. The Morgan fingerprint density at radius 1 is 0.929 bits per heavy atom. The molecule has 1 saturated carbocycles. The summed E-state index contributed by atoms with van der Waals surface area (Å²) in [5.41, 5.74) is -0.566. The van der Waals surface area contributed by atoms with Gasteiger partial charge in [0.15, 0.2) is 18.1 Å². The highest BCUT2D eigenvalue weighted by Crippen LogP contribution is 2.62. The summed E-state index contributed by atoms with van der Waals surface area (Å²) in [5, 5.41) is 0. The first-order chi connectivity index (χ1) is 12.5. The molecule has 4 unspecified atom stereocenters. The van der Waals surface area contributed by atoms with Crippen LogP contribution < -0.4 is 0 Å². The zero-order chi connectivity index (χ0) is 21.7. The molecule has 0 aromatic rings. The van der Waals surface area contributed by atoms with Gasteiger partial charge >= 0.3 is 15.2 Å². The average Bonchev–Trinajstić information content (AvgIpc) is 3.00. The Morgan fingerprint density at radius 2 is 1.43 bits per heavy atom. The Balaban J connectivity index is 2.46. The van der Waals surface area contributed by atoms with E-state index < -0.39 is 33.3 Å². The van der Waals surface area contributed by atoms with Crippen LogP contribution in [-0.2, 0) is 9.13 Å². The van der Waals surface area contributed by atoms with Crippen LogP contribution >= 0.6 is 15.2 Å². The molecular weight excluding hydrogens is 406 g/mol. The van der Waals surface area contributed by atoms with Gasteiger partial charge in [0.1, 0.15) is 6.54 Å². The average molecular weight is 443 g/mol. The number of rotatable bonds is 8. The van der Waals surface area contributed by atoms with E-state index in [2.05, 4.69) is 14.7 Å². The first-order valence-corrected chi connectivity index (χ1v) is 13.0. The molecule has 0 radical (unpaired) electrons. The molecule has 0 aromatic carbocycles. The van der Waals surface area contributed by atoms with Crippen LogP contribution in [0.15, 0.2) is 0 Å². The minimum absolute atomic E-state index is 0.00764. The van der Waals surface area contributed by atoms with Crippen LogP contribution in [-0.4, -0.2) is 124 Å². The van der Waals surface area contributed by atoms with E-state index in [-0.39, 0.29) is 16.6 Å². The van der Waals surface area contributed by atoms with E-state index in [0.29, 0.717) is 18.9 Å². The van der Waals surface area contributed by atoms with Crippen LogP contribution in [0.5, 0.6) is 0 Å². The summed E-state index contributed by atoms with van der Waals surface area (Å²) >= 11 is 0. The Hall–Kier alpha value is 0.140. The van der Waals surface area contributed by atoms with Crippen LogP contribution in [0.3, 0.4) is 0 Å². The lowest BCUT2D eigenvalue weighted by Gasteiger charge is -2.47. The van der Waals surface area contributed by atoms with Crippen molar-refractivity contribution in [2.75, 3.05) is 67.9 Å². The molecule has 2 aliphatic rings. The van der Waals surface area contributed by atoms with Gasteiger partial charge in [-0.1, -0.05) is 0 Å². The Kier molecular flexibility index (Phi) is 6.98. The molecule has 1 spiro atoms. The van der Waals surface area contributed by atoms with Crippen LogP contribution in [0.2, 0.25) is 0 Å². The molecule has 12 heteroatoms. The number of hydrogen-bond acceptors (Lipinski definition) is 5. The maximum absolute atomic E-state index is 11.9. The lowest BCUT2D eigenvalue weighted by Crippen LogP contribution is -2.60. The number of nitrogens with zero attached hydrogens (tertiary/aromatic N) is 4. The van der Waals surface area contributed by atoms with Crippen LogP contribution in [0.25, 0.3) is 0 Å². The number of likely N-dealkylation sites (N-methyl/N-ethyl adjacent to an activating group) is 1. The van der Waals surface area contributed by atoms with Gasteiger partial charge in [-0.2, -0.15) is 0 Å². The molecule has 166 valence electrons. The van der Waals surface area contributed by atoms with E-state index >= 15 is 0 Å². The first kappa shape index (κ1) is 24.4. The molecule has 0 bridgehead atoms. The van der Waals surface area contributed by atoms with Gasteiger partial charge in [-0.3, -0.25) is 13.6 Å². The largest absolute Gasteiger partial charge is 0.379 e. The molecule has 1 saturated heterocycles. The summed E-state index contributed by atoms with van der Waals surface area (Å²) in [6.45, 7) is 1.27. The van der Waals surface area contributed by atoms with E-state index in [1.165, 1.54) is 0 Å². The molecular formula is C16H37N4O6P2+. The van der Waals surface area contributed by atoms with Gasteiger partial charge in [-0.25, -0.2) is 0 Å². The van der Waals surface area contributed by atoms with Crippen molar-refractivity contribution in [3.8, 4) is 0 Å². The third-order valence-electron chi connectivity index (χ3n) is 6.47. The van der Waals surface area contributed by atoms with Crippen molar-refractivity contribution in [2.45, 2.75) is 30.5 Å². The van der Waals surface area contributed by atoms with Crippen LogP contribution in [0.1, 0.15) is 12.8 Å². The summed E-state index contributed by atoms with van der Waals surface area (Å²) in [7, 11) is 3.03. The Labute approximate surface area is 168 Å². The third kappa shape index (κ3) is 5.24. The molecule has 1 aliphatic heterocycles. The molecule has 2 rings (SSSR count). The Morgan fingerprint density at radius 3 is 1.79 bits per heavy atom. The molecule has 4 atom stereocenters. The first-order valence-electron chi connectivity index (χ1n) is 9.45. The van der Waals surface area contributed by atoms with Crippen molar-refractivity contribution >= 4 is 15.2 Å². The second kappa shape index (κ2) is 8.00. The van der Waals surface area contributed by atoms with Crippen molar-refractivity contribution in [3.05, 3.63) is 0 Å². The molecule has 0 amide bonds. The molecule has 1 heterocycles. The Bertz CT molecular complexity index is 640. The zero-order valence-corrected chi connectivity index (χ0v) is 19.6. The van der Waals surface area contributed by atoms with E-state index in [1.807, 2.05) is 42.3 Å². The minimum atomic E-state index is -4.45. The van der Waals surface area contributed by atoms with Crippen molar-refractivity contribution in [1.29, 1.82) is 0 Å². The fraction of sp³-hybridized carbons (Fsp3) is 1.00. The maximum Gasteiger partial charge on any atom is 0.379 e. The lowest BCUT2D eigenvalue weighted by molar-refractivity contribution is -0.811. The summed E-state index contributed by atoms with van der Waals surface area (Å²) in [5.74, 6) is 0.357. The normalized spacial score (nSPS) is 33.2. The van der Waals surface area contributed by atoms with E-state index in [1.54, 1.807) is 0 Å². The molecule has 4 N–H and O–H groups in total. The molecule has 0 aromatic heterocycles. The molecule has 10 nitrogen and oxygen atoms in total. The maximum atomic E-state index is 11.9. The van der Waals surface area contributed by atoms with E-state index in [9.17, 15) is 28.7 Å². The smallest absolute Gasteiger partial charge is 0.321 e. The number of quaternary nitrogens is 1. The SMILES string of the molecule is CN(C)CC1CC(N(C)C)C2(CC1N(C)C)C[N+]2(CP(=O)(O)O)CP(=O)(O)O. The highest BCUT2D eigenvalue weighted by atomic mass is 31.2. The predicted molar refractivity (Wildman–Crippen MR) is 108 cm³/mol. The predicted octanol–water partition coefficient (Wildman–Crippen LogP) is -0.342. The van der Waals surface area contributed by atoms with Gasteiger partial charge in [-0.05, 0) is 54.6 Å². The van der Waals surface area contributed by atoms with Gasteiger partial charge in [-0.15, -0.1) is 0 Å². The second-order valence-corrected chi connectivity index (χ2v) is 12.7. The minimum Gasteiger partial charge on any atom is -0.321 e. The topological polar surface area (TPSA) is 125 Å². The quantitative estimate of drug-likeness (QED) is 0.226. The molecule has 28 heavy (non-hydrogen) atoms. The summed E-state index contributed by atoms with van der Waals surface area (Å²) in [6, 6.07) is 0.166. The molecule has 1 aliphatic carbocycles. The number of hydrogen-bond donors (Lipinski definition) is 4.